The molecule has 6 aliphatic rings. The van der Waals surface area contributed by atoms with Gasteiger partial charge < -0.3 is 196 Å². The molecule has 45 heteroatoms. The van der Waals surface area contributed by atoms with Crippen molar-refractivity contribution >= 4 is 35.6 Å². The minimum atomic E-state index is -3.59. The summed E-state index contributed by atoms with van der Waals surface area (Å²) < 4.78 is 70.5. The van der Waals surface area contributed by atoms with Gasteiger partial charge in [0.25, 0.3) is 11.6 Å². The van der Waals surface area contributed by atoms with Crippen molar-refractivity contribution in [3.8, 4) is 0 Å². The lowest BCUT2D eigenvalue weighted by Gasteiger charge is -2.52. The fourth-order valence-corrected chi connectivity index (χ4v) is 18.0. The second kappa shape index (κ2) is 64.0. The van der Waals surface area contributed by atoms with Crippen molar-refractivity contribution in [1.29, 1.82) is 0 Å². The maximum atomic E-state index is 13.8. The Hall–Kier alpha value is -5.02. The average molecular weight is 1980 g/mol. The highest BCUT2D eigenvalue weighted by Crippen LogP contribution is 2.43. The van der Waals surface area contributed by atoms with E-state index in [4.69, 9.17) is 56.8 Å². The van der Waals surface area contributed by atoms with E-state index in [1.165, 1.54) is 135 Å². The van der Waals surface area contributed by atoms with Gasteiger partial charge in [-0.05, 0) is 44.9 Å². The van der Waals surface area contributed by atoms with E-state index in [2.05, 4.69) is 36.6 Å². The summed E-state index contributed by atoms with van der Waals surface area (Å²) in [6.07, 6.45) is -18.5. The molecule has 0 radical (unpaired) electrons. The zero-order valence-electron chi connectivity index (χ0n) is 79.2. The molecule has 6 fully saturated rings. The fourth-order valence-electron chi connectivity index (χ4n) is 18.0. The summed E-state index contributed by atoms with van der Waals surface area (Å²) in [6, 6.07) is -7.24. The lowest BCUT2D eigenvalue weighted by molar-refractivity contribution is -0.391. The van der Waals surface area contributed by atoms with Crippen LogP contribution in [0.2, 0.25) is 0 Å². The average Bonchev–Trinajstić information content (AvgIpc) is 0.736. The molecule has 0 aliphatic carbocycles. The van der Waals surface area contributed by atoms with Gasteiger partial charge in [0.1, 0.15) is 147 Å². The highest BCUT2D eigenvalue weighted by atomic mass is 16.8. The Morgan fingerprint density at radius 2 is 0.796 bits per heavy atom. The molecule has 137 heavy (non-hydrogen) atoms. The summed E-state index contributed by atoms with van der Waals surface area (Å²) in [5.41, 5.74) is 0. The van der Waals surface area contributed by atoms with Crippen LogP contribution in [0.25, 0.3) is 0 Å². The summed E-state index contributed by atoms with van der Waals surface area (Å²) in [7, 11) is 0. The number of ether oxygens (including phenoxy) is 12. The van der Waals surface area contributed by atoms with E-state index in [-0.39, 0.29) is 12.3 Å². The van der Waals surface area contributed by atoms with Gasteiger partial charge in [0.15, 0.2) is 25.2 Å². The fraction of sp³-hybridized carbons (Fsp3) is 0.891. The SMILES string of the molecule is CCCCCCCC/C=C\CCCCCCCCCCCCCCCC(=O)N[C@@H](CO[C@@H]1OC(CO)[C@@H](O[C@@H]2OC(CO)[C@H](O)[C@H](O[C@@H]3OC(CO)[C@@H](O[C@@H]4OC(CO)[C@H](O)[C@H](O[C@]5(C(=O)O)CC(O)[C@@H](NC(=O)CO)C([C@H](O)[C@@H](CO)O[C@]6(C(=O)O)CC(O)[C@@H](NC(=O)CO)C([C@H](O)[C@H](O)CO)O6)O5)C4O)[C@H](O)C3NC(C)=O)C2O)[C@H](O)C1O)[C@H](O)/C=C/CCCCCCCCCCCCC. The minimum Gasteiger partial charge on any atom is -0.477 e. The van der Waals surface area contributed by atoms with Gasteiger partial charge in [-0.2, -0.15) is 0 Å². The van der Waals surface area contributed by atoms with Crippen molar-refractivity contribution in [2.24, 2.45) is 0 Å². The number of allylic oxidation sites excluding steroid dienone is 3. The molecule has 6 rings (SSSR count). The van der Waals surface area contributed by atoms with Crippen molar-refractivity contribution in [2.45, 2.75) is 459 Å². The Kier molecular flexibility index (Phi) is 56.4. The Bertz CT molecular complexity index is 3440. The van der Waals surface area contributed by atoms with Crippen LogP contribution in [0.5, 0.6) is 0 Å². The van der Waals surface area contributed by atoms with Crippen LogP contribution < -0.4 is 21.3 Å². The number of carbonyl (C=O) groups is 6. The van der Waals surface area contributed by atoms with Gasteiger partial charge in [-0.3, -0.25) is 19.2 Å². The number of carbonyl (C=O) groups excluding carboxylic acids is 4. The van der Waals surface area contributed by atoms with E-state index in [0.717, 1.165) is 71.1 Å². The van der Waals surface area contributed by atoms with Gasteiger partial charge in [0, 0.05) is 26.2 Å². The highest BCUT2D eigenvalue weighted by molar-refractivity contribution is 5.79. The smallest absolute Gasteiger partial charge is 0.364 e. The quantitative estimate of drug-likeness (QED) is 0.0213. The molecular weight excluding hydrogens is 1820 g/mol. The molecule has 45 nitrogen and oxygen atoms in total. The van der Waals surface area contributed by atoms with Gasteiger partial charge in [-0.25, -0.2) is 9.59 Å². The van der Waals surface area contributed by atoms with Crippen LogP contribution in [0.1, 0.15) is 252 Å². The molecular formula is C92H162N4O41. The summed E-state index contributed by atoms with van der Waals surface area (Å²) >= 11 is 0. The lowest BCUT2D eigenvalue weighted by atomic mass is 9.87. The predicted molar refractivity (Wildman–Crippen MR) is 479 cm³/mol. The van der Waals surface area contributed by atoms with Crippen LogP contribution in [0.4, 0.5) is 0 Å². The number of nitrogens with one attached hydrogen (secondary N) is 4. The van der Waals surface area contributed by atoms with E-state index >= 15 is 0 Å². The first-order valence-corrected chi connectivity index (χ1v) is 49.2. The molecule has 4 amide bonds. The standard InChI is InChI=1S/C92H162N4O41/c1-4-6-8-10-12-14-16-18-19-20-21-22-23-24-25-26-27-29-31-33-35-37-39-41-64(110)94-54(55(106)40-38-36-34-32-30-28-17-15-13-11-9-7-5-2)52-126-86-76(119)75(118)80(63(49-102)130-86)132-87-77(120)83(71(114)59(45-98)127-87)133-85-69(93-53(3)105)74(117)79(62(48-101)129-85)131-88-78(121)84(72(115)60(46-99)128-88)137-92(90(124)125)43-57(108)68(96-66(112)51-104)82(136-92)73(116)61(47-100)134-91(89(122)123)42-56(107)67(95-65(111)50-103)81(135-91)70(113)58(109)44-97/h18-19,38,40,54-63,67-88,97-104,106-109,113-121H,4-17,20-37,39,41-52H2,1-3H3,(H,93,105)(H,94,110)(H,95,111)(H,96,112)(H,122,123)(H,124,125)/b19-18-,40-38+/t54-,55+,56?,57?,58+,59?,60?,61+,62?,63?,67+,68+,69?,70+,71-,72-,73+,74+,75+,76?,77?,78?,79+,80+,81?,82?,83-,84-,85-,86+,87-,88-,91+,92-/m0/s1. The minimum absolute atomic E-state index is 0.137. The molecule has 6 aliphatic heterocycles. The number of unbranched alkanes of at least 4 members (excludes halogenated alkanes) is 30. The number of aliphatic carboxylic acids is 2. The topological polar surface area (TPSA) is 727 Å². The predicted octanol–water partition coefficient (Wildman–Crippen LogP) is -3.03. The maximum Gasteiger partial charge on any atom is 0.364 e. The molecule has 0 bridgehead atoms. The molecule has 27 N–H and O–H groups in total. The molecule has 0 spiro atoms. The first-order chi connectivity index (χ1) is 65.6. The molecule has 12 unspecified atom stereocenters. The van der Waals surface area contributed by atoms with Gasteiger partial charge >= 0.3 is 11.9 Å². The first-order valence-electron chi connectivity index (χ1n) is 49.2. The summed E-state index contributed by atoms with van der Waals surface area (Å²) in [4.78, 5) is 79.0. The third kappa shape index (κ3) is 37.2. The second-order valence-electron chi connectivity index (χ2n) is 36.8. The Balaban J connectivity index is 1.12. The number of rotatable bonds is 68. The normalized spacial score (nSPS) is 33.5. The van der Waals surface area contributed by atoms with E-state index in [1.54, 1.807) is 6.08 Å². The zero-order valence-corrected chi connectivity index (χ0v) is 79.2. The monoisotopic (exact) mass is 1980 g/mol. The molecule has 6 heterocycles. The van der Waals surface area contributed by atoms with Gasteiger partial charge in [0.05, 0.1) is 82.7 Å². The number of aliphatic hydroxyl groups excluding tert-OH is 21. The molecule has 34 atom stereocenters. The Labute approximate surface area is 799 Å². The molecule has 0 aromatic heterocycles. The van der Waals surface area contributed by atoms with Crippen LogP contribution >= 0.6 is 0 Å². The summed E-state index contributed by atoms with van der Waals surface area (Å²) in [6.45, 7) is -5.23. The van der Waals surface area contributed by atoms with E-state index in [1.807, 2.05) is 16.7 Å². The number of aliphatic hydroxyl groups is 21. The van der Waals surface area contributed by atoms with Gasteiger partial charge in [-0.15, -0.1) is 0 Å². The number of hydrogen-bond donors (Lipinski definition) is 27. The largest absolute Gasteiger partial charge is 0.477 e. The second-order valence-corrected chi connectivity index (χ2v) is 36.8. The van der Waals surface area contributed by atoms with Crippen molar-refractivity contribution in [2.75, 3.05) is 59.5 Å². The maximum absolute atomic E-state index is 13.8. The summed E-state index contributed by atoms with van der Waals surface area (Å²) in [5.74, 6) is -15.6. The van der Waals surface area contributed by atoms with Gasteiger partial charge in [0.2, 0.25) is 23.6 Å². The van der Waals surface area contributed by atoms with Crippen LogP contribution in [-0.2, 0) is 85.6 Å². The van der Waals surface area contributed by atoms with Crippen LogP contribution in [0.3, 0.4) is 0 Å². The molecule has 0 saturated carbocycles. The zero-order chi connectivity index (χ0) is 101. The molecule has 6 saturated heterocycles. The van der Waals surface area contributed by atoms with Crippen molar-refractivity contribution in [1.82, 2.24) is 21.3 Å². The van der Waals surface area contributed by atoms with E-state index in [9.17, 15) is 146 Å². The molecule has 0 aromatic rings. The van der Waals surface area contributed by atoms with Crippen molar-refractivity contribution < 1.29 is 203 Å². The number of hydrogen-bond acceptors (Lipinski definition) is 39. The van der Waals surface area contributed by atoms with E-state index in [0.29, 0.717) is 12.8 Å². The van der Waals surface area contributed by atoms with E-state index < -0.39 is 309 Å². The molecule has 0 aromatic carbocycles. The van der Waals surface area contributed by atoms with Crippen LogP contribution in [0, 0.1) is 0 Å². The van der Waals surface area contributed by atoms with Crippen LogP contribution in [-0.4, -0.2) is 420 Å². The lowest BCUT2D eigenvalue weighted by Crippen LogP contribution is -2.72. The molecule has 796 valence electrons. The Morgan fingerprint density at radius 1 is 0.401 bits per heavy atom. The van der Waals surface area contributed by atoms with Crippen LogP contribution in [0.15, 0.2) is 24.3 Å². The summed E-state index contributed by atoms with van der Waals surface area (Å²) in [5, 5.41) is 266. The Morgan fingerprint density at radius 3 is 1.23 bits per heavy atom. The third-order valence-corrected chi connectivity index (χ3v) is 26.0. The number of carboxylic acid groups (broad SMARTS) is 2. The van der Waals surface area contributed by atoms with Gasteiger partial charge in [-0.1, -0.05) is 205 Å². The number of carboxylic acids is 2. The van der Waals surface area contributed by atoms with Crippen molar-refractivity contribution in [3.63, 3.8) is 0 Å². The number of amides is 4. The van der Waals surface area contributed by atoms with Crippen molar-refractivity contribution in [3.05, 3.63) is 24.3 Å². The first kappa shape index (κ1) is 121. The third-order valence-electron chi connectivity index (χ3n) is 26.0. The highest BCUT2D eigenvalue weighted by Gasteiger charge is 2.64.